The molecule has 0 saturated heterocycles. The lowest BCUT2D eigenvalue weighted by atomic mass is 10.0. The highest BCUT2D eigenvalue weighted by Crippen LogP contribution is 2.31. The molecule has 4 aromatic carbocycles. The minimum atomic E-state index is -4.25. The summed E-state index contributed by atoms with van der Waals surface area (Å²) in [5.41, 5.74) is 1.44. The lowest BCUT2D eigenvalue weighted by molar-refractivity contribution is -0.140. The summed E-state index contributed by atoms with van der Waals surface area (Å²) >= 11 is 19.4. The molecule has 0 aliphatic carbocycles. The van der Waals surface area contributed by atoms with Gasteiger partial charge in [0, 0.05) is 39.1 Å². The van der Waals surface area contributed by atoms with Crippen molar-refractivity contribution < 1.29 is 18.0 Å². The van der Waals surface area contributed by atoms with Crippen LogP contribution in [0.3, 0.4) is 0 Å². The second-order valence-electron chi connectivity index (χ2n) is 11.9. The predicted molar refractivity (Wildman–Crippen MR) is 186 cm³/mol. The van der Waals surface area contributed by atoms with Gasteiger partial charge in [-0.3, -0.25) is 13.9 Å². The van der Waals surface area contributed by atoms with Crippen LogP contribution >= 0.6 is 34.8 Å². The minimum Gasteiger partial charge on any atom is -0.350 e. The van der Waals surface area contributed by atoms with E-state index in [4.69, 9.17) is 34.8 Å². The highest BCUT2D eigenvalue weighted by Gasteiger charge is 2.36. The first-order valence-electron chi connectivity index (χ1n) is 14.6. The van der Waals surface area contributed by atoms with Crippen molar-refractivity contribution in [3.05, 3.63) is 129 Å². The zero-order valence-corrected chi connectivity index (χ0v) is 29.1. The molecule has 0 fully saturated rings. The molecule has 46 heavy (non-hydrogen) atoms. The van der Waals surface area contributed by atoms with Gasteiger partial charge in [0.1, 0.15) is 12.6 Å². The molecule has 0 saturated carbocycles. The SMILES string of the molecule is Cc1cc(Cl)ccc1N(CC(=O)N(Cc1c(Cl)cccc1Cl)C(Cc1ccccc1)C(=O)NC(C)(C)C)S(=O)(=O)c1ccccc1. The first-order chi connectivity index (χ1) is 21.7. The number of benzene rings is 4. The van der Waals surface area contributed by atoms with Gasteiger partial charge in [-0.1, -0.05) is 89.4 Å². The van der Waals surface area contributed by atoms with E-state index in [1.165, 1.54) is 17.0 Å². The normalized spacial score (nSPS) is 12.3. The van der Waals surface area contributed by atoms with Gasteiger partial charge in [0.05, 0.1) is 10.6 Å². The molecule has 0 aromatic heterocycles. The van der Waals surface area contributed by atoms with Crippen molar-refractivity contribution >= 4 is 62.3 Å². The smallest absolute Gasteiger partial charge is 0.264 e. The first-order valence-corrected chi connectivity index (χ1v) is 17.2. The Morgan fingerprint density at radius 3 is 1.98 bits per heavy atom. The summed E-state index contributed by atoms with van der Waals surface area (Å²) in [4.78, 5) is 30.0. The van der Waals surface area contributed by atoms with Crippen molar-refractivity contribution in [2.45, 2.75) is 57.1 Å². The summed E-state index contributed by atoms with van der Waals surface area (Å²) in [5.74, 6) is -1.04. The van der Waals surface area contributed by atoms with Gasteiger partial charge in [-0.05, 0) is 81.3 Å². The van der Waals surface area contributed by atoms with E-state index in [-0.39, 0.29) is 23.5 Å². The van der Waals surface area contributed by atoms with Crippen molar-refractivity contribution in [3.63, 3.8) is 0 Å². The molecule has 4 aromatic rings. The number of aryl methyl sites for hydroxylation is 1. The summed E-state index contributed by atoms with van der Waals surface area (Å²) in [7, 11) is -4.25. The van der Waals surface area contributed by atoms with Crippen LogP contribution in [0.4, 0.5) is 5.69 Å². The van der Waals surface area contributed by atoms with Gasteiger partial charge >= 0.3 is 0 Å². The number of halogens is 3. The molecule has 0 aliphatic rings. The second-order valence-corrected chi connectivity index (χ2v) is 15.0. The van der Waals surface area contributed by atoms with E-state index in [9.17, 15) is 18.0 Å². The maximum Gasteiger partial charge on any atom is 0.264 e. The minimum absolute atomic E-state index is 0.00385. The highest BCUT2D eigenvalue weighted by molar-refractivity contribution is 7.92. The van der Waals surface area contributed by atoms with Gasteiger partial charge in [-0.15, -0.1) is 0 Å². The Balaban J connectivity index is 1.87. The number of amides is 2. The number of hydrogen-bond acceptors (Lipinski definition) is 4. The molecular weight excluding hydrogens is 665 g/mol. The van der Waals surface area contributed by atoms with Gasteiger partial charge in [-0.2, -0.15) is 0 Å². The Bertz CT molecular complexity index is 1780. The van der Waals surface area contributed by atoms with E-state index in [0.29, 0.717) is 26.2 Å². The molecule has 1 N–H and O–H groups in total. The number of carbonyl (C=O) groups is 2. The van der Waals surface area contributed by atoms with Crippen molar-refractivity contribution in [2.24, 2.45) is 0 Å². The molecule has 0 bridgehead atoms. The fourth-order valence-corrected chi connectivity index (χ4v) is 7.24. The highest BCUT2D eigenvalue weighted by atomic mass is 35.5. The number of sulfonamides is 1. The lowest BCUT2D eigenvalue weighted by Crippen LogP contribution is -2.56. The third-order valence-electron chi connectivity index (χ3n) is 7.20. The fraction of sp³-hybridized carbons (Fsp3) is 0.257. The first kappa shape index (κ1) is 35.3. The van der Waals surface area contributed by atoms with Crippen molar-refractivity contribution in [3.8, 4) is 0 Å². The Hall–Kier alpha value is -3.56. The summed E-state index contributed by atoms with van der Waals surface area (Å²) in [6.07, 6.45) is 0.155. The molecule has 0 aliphatic heterocycles. The van der Waals surface area contributed by atoms with Gasteiger partial charge in [0.25, 0.3) is 10.0 Å². The Kier molecular flexibility index (Phi) is 11.4. The molecule has 2 amide bonds. The van der Waals surface area contributed by atoms with Crippen molar-refractivity contribution in [2.75, 3.05) is 10.8 Å². The van der Waals surface area contributed by atoms with E-state index in [2.05, 4.69) is 5.32 Å². The van der Waals surface area contributed by atoms with Crippen LogP contribution in [-0.2, 0) is 32.6 Å². The molecule has 7 nitrogen and oxygen atoms in total. The van der Waals surface area contributed by atoms with Crippen LogP contribution in [0.5, 0.6) is 0 Å². The Labute approximate surface area is 286 Å². The van der Waals surface area contributed by atoms with Crippen LogP contribution in [0, 0.1) is 6.92 Å². The van der Waals surface area contributed by atoms with Crippen LogP contribution in [0.25, 0.3) is 0 Å². The van der Waals surface area contributed by atoms with Crippen LogP contribution in [0.15, 0.2) is 102 Å². The molecule has 1 atom stereocenters. The van der Waals surface area contributed by atoms with Crippen LogP contribution < -0.4 is 9.62 Å². The summed E-state index contributed by atoms with van der Waals surface area (Å²) < 4.78 is 29.4. The summed E-state index contributed by atoms with van der Waals surface area (Å²) in [5, 5.41) is 4.03. The fourth-order valence-electron chi connectivity index (χ4n) is 4.99. The average Bonchev–Trinajstić information content (AvgIpc) is 2.99. The molecule has 0 radical (unpaired) electrons. The predicted octanol–water partition coefficient (Wildman–Crippen LogP) is 7.71. The molecule has 242 valence electrons. The quantitative estimate of drug-likeness (QED) is 0.174. The lowest BCUT2D eigenvalue weighted by Gasteiger charge is -2.36. The topological polar surface area (TPSA) is 86.8 Å². The van der Waals surface area contributed by atoms with E-state index in [1.54, 1.807) is 61.5 Å². The number of anilines is 1. The molecular formula is C35H36Cl3N3O4S. The molecule has 0 heterocycles. The van der Waals surface area contributed by atoms with Gasteiger partial charge < -0.3 is 10.2 Å². The standard InChI is InChI=1S/C35H36Cl3N3O4S/c1-24-20-26(36)18-19-31(24)41(46(44,45)27-14-9-6-10-15-27)23-33(42)40(22-28-29(37)16-11-17-30(28)38)32(34(43)39-35(2,3)4)21-25-12-7-5-8-13-25/h5-20,32H,21-23H2,1-4H3,(H,39,43). The van der Waals surface area contributed by atoms with Crippen molar-refractivity contribution in [1.29, 1.82) is 0 Å². The zero-order valence-electron chi connectivity index (χ0n) is 26.0. The van der Waals surface area contributed by atoms with Crippen LogP contribution in [0.1, 0.15) is 37.5 Å². The number of nitrogens with one attached hydrogen (secondary N) is 1. The van der Waals surface area contributed by atoms with Crippen LogP contribution in [0.2, 0.25) is 15.1 Å². The third-order valence-corrected chi connectivity index (χ3v) is 9.91. The largest absolute Gasteiger partial charge is 0.350 e. The Morgan fingerprint density at radius 2 is 1.41 bits per heavy atom. The van der Waals surface area contributed by atoms with E-state index in [1.807, 2.05) is 51.1 Å². The summed E-state index contributed by atoms with van der Waals surface area (Å²) in [6, 6.07) is 25.9. The number of hydrogen-bond donors (Lipinski definition) is 1. The van der Waals surface area contributed by atoms with Crippen LogP contribution in [-0.4, -0.2) is 43.3 Å². The van der Waals surface area contributed by atoms with E-state index >= 15 is 0 Å². The van der Waals surface area contributed by atoms with Crippen molar-refractivity contribution in [1.82, 2.24) is 10.2 Å². The number of rotatable bonds is 11. The monoisotopic (exact) mass is 699 g/mol. The molecule has 1 unspecified atom stereocenters. The van der Waals surface area contributed by atoms with E-state index in [0.717, 1.165) is 9.87 Å². The zero-order chi connectivity index (χ0) is 33.6. The summed E-state index contributed by atoms with van der Waals surface area (Å²) in [6.45, 7) is 6.49. The van der Waals surface area contributed by atoms with Gasteiger partial charge in [-0.25, -0.2) is 8.42 Å². The van der Waals surface area contributed by atoms with Gasteiger partial charge in [0.2, 0.25) is 11.8 Å². The molecule has 11 heteroatoms. The Morgan fingerprint density at radius 1 is 0.826 bits per heavy atom. The average molecular weight is 701 g/mol. The molecule has 4 rings (SSSR count). The van der Waals surface area contributed by atoms with E-state index < -0.39 is 40.0 Å². The number of carbonyl (C=O) groups excluding carboxylic acids is 2. The second kappa shape index (κ2) is 14.9. The molecule has 0 spiro atoms. The maximum atomic E-state index is 14.6. The van der Waals surface area contributed by atoms with Gasteiger partial charge in [0.15, 0.2) is 0 Å². The number of nitrogens with zero attached hydrogens (tertiary/aromatic N) is 2. The third kappa shape index (κ3) is 8.82. The maximum absolute atomic E-state index is 14.6.